The summed E-state index contributed by atoms with van der Waals surface area (Å²) in [5, 5.41) is 0. The van der Waals surface area contributed by atoms with Gasteiger partial charge in [0.25, 0.3) is 0 Å². The van der Waals surface area contributed by atoms with Gasteiger partial charge >= 0.3 is 0 Å². The van der Waals surface area contributed by atoms with Gasteiger partial charge in [-0.25, -0.2) is 0 Å². The molecule has 0 aromatic rings. The normalized spacial score (nSPS) is 0. The van der Waals surface area contributed by atoms with E-state index in [0.717, 1.165) is 0 Å². The van der Waals surface area contributed by atoms with E-state index in [1.54, 1.807) is 0 Å². The maximum absolute atomic E-state index is 0. The first-order chi connectivity index (χ1) is 0. The van der Waals surface area contributed by atoms with Crippen LogP contribution in [0.25, 0.3) is 0 Å². The predicted molar refractivity (Wildman–Crippen MR) is 19.2 cm³/mol. The molecule has 4 heavy (non-hydrogen) atoms. The second-order valence-corrected chi connectivity index (χ2v) is 0. The van der Waals surface area contributed by atoms with E-state index in [2.05, 4.69) is 0 Å². The molecule has 0 rings (SSSR count). The maximum atomic E-state index is 0. The fourth-order valence-electron chi connectivity index (χ4n) is 0. The van der Waals surface area contributed by atoms with Crippen molar-refractivity contribution in [3.8, 4) is 0 Å². The minimum Gasteiger partial charge on any atom is -0.358 e. The van der Waals surface area contributed by atoms with E-state index in [-0.39, 0.29) is 43.3 Å². The quantitative estimate of drug-likeness (QED) is 0.550. The van der Waals surface area contributed by atoms with E-state index in [9.17, 15) is 0 Å². The number of rotatable bonds is 0. The monoisotopic (exact) mass is 229 g/mol. The van der Waals surface area contributed by atoms with Gasteiger partial charge in [0.1, 0.15) is 0 Å². The Balaban J connectivity index is 0. The van der Waals surface area contributed by atoms with Gasteiger partial charge in [-0.3, -0.25) is 0 Å². The molecule has 0 aliphatic heterocycles. The molecule has 0 aromatic heterocycles. The van der Waals surface area contributed by atoms with Crippen LogP contribution in [0.5, 0.6) is 0 Å². The van der Waals surface area contributed by atoms with Crippen molar-refractivity contribution in [2.75, 3.05) is 0 Å². The Bertz CT molecular complexity index is 3.25. The minimum absolute atomic E-state index is 0. The van der Waals surface area contributed by atoms with Gasteiger partial charge in [0.2, 0.25) is 0 Å². The molecule has 0 aliphatic rings. The maximum Gasteiger partial charge on any atom is 0 e. The zero-order valence-electron chi connectivity index (χ0n) is 3.41. The number of hydrogen-bond donors (Lipinski definition) is 0. The van der Waals surface area contributed by atoms with Crippen LogP contribution in [0.3, 0.4) is 0 Å². The molecule has 0 radical (unpaired) electrons. The van der Waals surface area contributed by atoms with Crippen LogP contribution in [0.4, 0.5) is 0 Å². The molecule has 0 saturated heterocycles. The van der Waals surface area contributed by atoms with Gasteiger partial charge in [-0.05, 0) is 0 Å². The van der Waals surface area contributed by atoms with Gasteiger partial charge in [-0.15, -0.1) is 0 Å². The van der Waals surface area contributed by atoms with Gasteiger partial charge in [0.15, 0.2) is 0 Å². The van der Waals surface area contributed by atoms with E-state index in [0.29, 0.717) is 0 Å². The van der Waals surface area contributed by atoms with Crippen molar-refractivity contribution < 1.29 is 21.1 Å². The van der Waals surface area contributed by atoms with Crippen molar-refractivity contribution >= 4 is 0 Å². The van der Waals surface area contributed by atoms with Crippen molar-refractivity contribution in [2.45, 2.75) is 0 Å². The molecule has 0 atom stereocenters. The summed E-state index contributed by atoms with van der Waals surface area (Å²) in [5.74, 6) is 0. The molecule has 0 unspecified atom stereocenters. The van der Waals surface area contributed by atoms with Crippen molar-refractivity contribution in [2.24, 2.45) is 0 Å². The molecule has 0 saturated carbocycles. The topological polar surface area (TPSA) is 0 Å². The van der Waals surface area contributed by atoms with Crippen LogP contribution in [0.15, 0.2) is 0 Å². The molecular weight excluding hydrogens is 220 g/mol. The smallest absolute Gasteiger partial charge is 0 e. The largest absolute Gasteiger partial charge is 0.358 e. The molecule has 0 spiro atoms. The van der Waals surface area contributed by atoms with Crippen molar-refractivity contribution in [3.05, 3.63) is 22.3 Å². The molecule has 0 fully saturated rings. The molecule has 0 aliphatic carbocycles. The van der Waals surface area contributed by atoms with E-state index in [1.807, 2.05) is 0 Å². The molecule has 30 valence electrons. The van der Waals surface area contributed by atoms with Crippen LogP contribution in [0, 0.1) is 22.3 Å². The molecule has 1 heteroatoms. The van der Waals surface area contributed by atoms with Crippen molar-refractivity contribution in [1.29, 1.82) is 0 Å². The van der Waals surface area contributed by atoms with Crippen LogP contribution in [-0.2, 0) is 21.1 Å². The van der Waals surface area contributed by atoms with Crippen LogP contribution in [0.1, 0.15) is 0 Å². The average Bonchev–Trinajstić information content (AvgIpc) is 0. The first-order valence-electron chi connectivity index (χ1n) is 0. The van der Waals surface area contributed by atoms with Gasteiger partial charge < -0.3 is 22.3 Å². The number of hydrogen-bond acceptors (Lipinski definition) is 0. The molecule has 0 aromatic carbocycles. The Labute approximate surface area is 43.9 Å². The van der Waals surface area contributed by atoms with Crippen molar-refractivity contribution in [3.63, 3.8) is 0 Å². The molecule has 0 amide bonds. The van der Waals surface area contributed by atoms with E-state index in [1.165, 1.54) is 0 Å². The Kier molecular flexibility index (Phi) is 1890. The summed E-state index contributed by atoms with van der Waals surface area (Å²) in [6.45, 7) is 0. The summed E-state index contributed by atoms with van der Waals surface area (Å²) >= 11 is 0. The summed E-state index contributed by atoms with van der Waals surface area (Å²) in [6, 6.07) is 0. The summed E-state index contributed by atoms with van der Waals surface area (Å²) in [4.78, 5) is 0. The van der Waals surface area contributed by atoms with Gasteiger partial charge in [0.05, 0.1) is 0 Å². The van der Waals surface area contributed by atoms with Crippen LogP contribution in [0.2, 0.25) is 0 Å². The van der Waals surface area contributed by atoms with Crippen LogP contribution < -0.4 is 0 Å². The molecule has 0 nitrogen and oxygen atoms in total. The zero-order chi connectivity index (χ0) is 0. The molecule has 0 N–H and O–H groups in total. The molecular formula is C3H9W-3. The standard InChI is InChI=1S/3CH3.W/h3*1H3;/q3*-1;. The summed E-state index contributed by atoms with van der Waals surface area (Å²) < 4.78 is 0. The van der Waals surface area contributed by atoms with Gasteiger partial charge in [-0.1, -0.05) is 0 Å². The fourth-order valence-corrected chi connectivity index (χ4v) is 0. The Morgan fingerprint density at radius 1 is 0.500 bits per heavy atom. The second-order valence-electron chi connectivity index (χ2n) is 0. The first-order valence-corrected chi connectivity index (χ1v) is 0. The van der Waals surface area contributed by atoms with Gasteiger partial charge in [-0.2, -0.15) is 0 Å². The predicted octanol–water partition coefficient (Wildman–Crippen LogP) is 1.35. The van der Waals surface area contributed by atoms with E-state index >= 15 is 0 Å². The fraction of sp³-hybridized carbons (Fsp3) is 0. The summed E-state index contributed by atoms with van der Waals surface area (Å²) in [5.41, 5.74) is 0. The Hall–Kier alpha value is 0.688. The van der Waals surface area contributed by atoms with Gasteiger partial charge in [0, 0.05) is 21.1 Å². The third kappa shape index (κ3) is 16.2. The van der Waals surface area contributed by atoms with E-state index in [4.69, 9.17) is 0 Å². The zero-order valence-corrected chi connectivity index (χ0v) is 6.34. The molecule has 0 heterocycles. The SMILES string of the molecule is [CH3-].[CH3-].[CH3-].[W]. The second kappa shape index (κ2) is 56.3. The van der Waals surface area contributed by atoms with E-state index < -0.39 is 0 Å². The first kappa shape index (κ1) is 135. The average molecular weight is 229 g/mol. The van der Waals surface area contributed by atoms with Crippen molar-refractivity contribution in [1.82, 2.24) is 0 Å². The third-order valence-corrected chi connectivity index (χ3v) is 0. The third-order valence-electron chi connectivity index (χ3n) is 0. The van der Waals surface area contributed by atoms with Crippen LogP contribution in [-0.4, -0.2) is 0 Å². The Morgan fingerprint density at radius 3 is 0.500 bits per heavy atom. The summed E-state index contributed by atoms with van der Waals surface area (Å²) in [7, 11) is 0. The minimum atomic E-state index is 0. The summed E-state index contributed by atoms with van der Waals surface area (Å²) in [6.07, 6.45) is 0. The Morgan fingerprint density at radius 2 is 0.500 bits per heavy atom. The van der Waals surface area contributed by atoms with Crippen LogP contribution >= 0.6 is 0 Å². The molecule has 0 bridgehead atoms.